The van der Waals surface area contributed by atoms with Gasteiger partial charge in [0.15, 0.2) is 0 Å². The molecule has 0 bridgehead atoms. The van der Waals surface area contributed by atoms with Crippen molar-refractivity contribution in [2.45, 2.75) is 39.5 Å². The van der Waals surface area contributed by atoms with Gasteiger partial charge in [-0.1, -0.05) is 24.3 Å². The van der Waals surface area contributed by atoms with E-state index in [9.17, 15) is 4.79 Å². The lowest BCUT2D eigenvalue weighted by molar-refractivity contribution is -0.134. The highest BCUT2D eigenvalue weighted by molar-refractivity contribution is 5.73. The van der Waals surface area contributed by atoms with E-state index in [0.717, 1.165) is 31.7 Å². The summed E-state index contributed by atoms with van der Waals surface area (Å²) in [5, 5.41) is 9.07. The summed E-state index contributed by atoms with van der Waals surface area (Å²) in [6, 6.07) is 8.07. The van der Waals surface area contributed by atoms with Crippen LogP contribution in [0.4, 0.5) is 0 Å². The third-order valence-electron chi connectivity index (χ3n) is 4.10. The second-order valence-electron chi connectivity index (χ2n) is 6.15. The van der Waals surface area contributed by atoms with Crippen LogP contribution < -0.4 is 0 Å². The van der Waals surface area contributed by atoms with Crippen LogP contribution in [0, 0.1) is 0 Å². The van der Waals surface area contributed by atoms with Crippen molar-refractivity contribution >= 4 is 5.91 Å². The van der Waals surface area contributed by atoms with Gasteiger partial charge in [0, 0.05) is 38.6 Å². The molecule has 0 unspecified atom stereocenters. The van der Waals surface area contributed by atoms with E-state index in [1.165, 1.54) is 5.56 Å². The van der Waals surface area contributed by atoms with Gasteiger partial charge in [-0.15, -0.1) is 0 Å². The molecule has 0 radical (unpaired) electrons. The van der Waals surface area contributed by atoms with E-state index in [0.29, 0.717) is 0 Å². The maximum absolute atomic E-state index is 11.5. The molecule has 4 nitrogen and oxygen atoms in total. The molecule has 1 saturated heterocycles. The van der Waals surface area contributed by atoms with Crippen molar-refractivity contribution in [3.8, 4) is 0 Å². The third kappa shape index (κ3) is 3.38. The standard InChI is InChI=1S/C16H24N2O2/c1-13(20)17-8-9-18(16(2,3)12-17)10-14-4-6-15(11-19)7-5-14/h4-7,19H,8-12H2,1-3H3. The summed E-state index contributed by atoms with van der Waals surface area (Å²) in [5.41, 5.74) is 2.17. The highest BCUT2D eigenvalue weighted by Crippen LogP contribution is 2.23. The van der Waals surface area contributed by atoms with Crippen molar-refractivity contribution in [3.63, 3.8) is 0 Å². The minimum Gasteiger partial charge on any atom is -0.392 e. The van der Waals surface area contributed by atoms with Crippen molar-refractivity contribution in [2.75, 3.05) is 19.6 Å². The number of hydrogen-bond acceptors (Lipinski definition) is 3. The zero-order valence-electron chi connectivity index (χ0n) is 12.6. The van der Waals surface area contributed by atoms with Crippen LogP contribution in [0.3, 0.4) is 0 Å². The van der Waals surface area contributed by atoms with Crippen LogP contribution in [0.15, 0.2) is 24.3 Å². The van der Waals surface area contributed by atoms with Crippen LogP contribution in [0.5, 0.6) is 0 Å². The summed E-state index contributed by atoms with van der Waals surface area (Å²) in [6.45, 7) is 9.44. The Bertz CT molecular complexity index is 468. The van der Waals surface area contributed by atoms with Gasteiger partial charge in [-0.3, -0.25) is 9.69 Å². The fourth-order valence-corrected chi connectivity index (χ4v) is 2.72. The average Bonchev–Trinajstić information content (AvgIpc) is 2.41. The number of amides is 1. The SMILES string of the molecule is CC(=O)N1CCN(Cc2ccc(CO)cc2)C(C)(C)C1. The van der Waals surface area contributed by atoms with E-state index in [1.54, 1.807) is 6.92 Å². The summed E-state index contributed by atoms with van der Waals surface area (Å²) in [7, 11) is 0. The maximum atomic E-state index is 11.5. The third-order valence-corrected chi connectivity index (χ3v) is 4.10. The number of benzene rings is 1. The molecule has 4 heteroatoms. The molecule has 1 heterocycles. The molecule has 2 rings (SSSR count). The maximum Gasteiger partial charge on any atom is 0.219 e. The van der Waals surface area contributed by atoms with Gasteiger partial charge in [0.1, 0.15) is 0 Å². The number of rotatable bonds is 3. The highest BCUT2D eigenvalue weighted by Gasteiger charge is 2.34. The van der Waals surface area contributed by atoms with Gasteiger partial charge in [0.25, 0.3) is 0 Å². The second kappa shape index (κ2) is 5.94. The smallest absolute Gasteiger partial charge is 0.219 e. The first kappa shape index (κ1) is 15.0. The zero-order chi connectivity index (χ0) is 14.8. The zero-order valence-corrected chi connectivity index (χ0v) is 12.6. The lowest BCUT2D eigenvalue weighted by Crippen LogP contribution is -2.59. The molecule has 1 aromatic carbocycles. The molecule has 0 aromatic heterocycles. The highest BCUT2D eigenvalue weighted by atomic mass is 16.3. The first-order valence-corrected chi connectivity index (χ1v) is 7.11. The molecule has 1 amide bonds. The van der Waals surface area contributed by atoms with Gasteiger partial charge in [-0.25, -0.2) is 0 Å². The second-order valence-corrected chi connectivity index (χ2v) is 6.15. The fourth-order valence-electron chi connectivity index (χ4n) is 2.72. The molecule has 1 aromatic rings. The normalized spacial score (nSPS) is 19.1. The number of piperazine rings is 1. The Labute approximate surface area is 121 Å². The van der Waals surface area contributed by atoms with Crippen LogP contribution >= 0.6 is 0 Å². The van der Waals surface area contributed by atoms with E-state index in [4.69, 9.17) is 5.11 Å². The molecule has 1 aliphatic heterocycles. The van der Waals surface area contributed by atoms with Gasteiger partial charge >= 0.3 is 0 Å². The first-order valence-electron chi connectivity index (χ1n) is 7.11. The van der Waals surface area contributed by atoms with Crippen LogP contribution in [0.1, 0.15) is 31.9 Å². The predicted molar refractivity (Wildman–Crippen MR) is 79.1 cm³/mol. The van der Waals surface area contributed by atoms with Crippen molar-refractivity contribution < 1.29 is 9.90 Å². The molecule has 1 aliphatic rings. The predicted octanol–water partition coefficient (Wildman–Crippen LogP) is 1.62. The lowest BCUT2D eigenvalue weighted by atomic mass is 9.97. The van der Waals surface area contributed by atoms with Crippen molar-refractivity contribution in [2.24, 2.45) is 0 Å². The monoisotopic (exact) mass is 276 g/mol. The van der Waals surface area contributed by atoms with E-state index < -0.39 is 0 Å². The van der Waals surface area contributed by atoms with Gasteiger partial charge in [0.2, 0.25) is 5.91 Å². The molecular weight excluding hydrogens is 252 g/mol. The van der Waals surface area contributed by atoms with Crippen LogP contribution in [0.2, 0.25) is 0 Å². The summed E-state index contributed by atoms with van der Waals surface area (Å²) >= 11 is 0. The van der Waals surface area contributed by atoms with Gasteiger partial charge < -0.3 is 10.0 Å². The number of aliphatic hydroxyl groups is 1. The van der Waals surface area contributed by atoms with Gasteiger partial charge in [-0.05, 0) is 25.0 Å². The minimum atomic E-state index is -0.0143. The van der Waals surface area contributed by atoms with E-state index >= 15 is 0 Å². The Kier molecular flexibility index (Phi) is 4.45. The molecule has 0 aliphatic carbocycles. The van der Waals surface area contributed by atoms with E-state index in [2.05, 4.69) is 30.9 Å². The molecular formula is C16H24N2O2. The number of hydrogen-bond donors (Lipinski definition) is 1. The molecule has 110 valence electrons. The largest absolute Gasteiger partial charge is 0.392 e. The summed E-state index contributed by atoms with van der Waals surface area (Å²) < 4.78 is 0. The van der Waals surface area contributed by atoms with Crippen LogP contribution in [-0.4, -0.2) is 46.0 Å². The fraction of sp³-hybridized carbons (Fsp3) is 0.562. The Morgan fingerprint density at radius 1 is 1.20 bits per heavy atom. The topological polar surface area (TPSA) is 43.8 Å². The van der Waals surface area contributed by atoms with Crippen molar-refractivity contribution in [1.82, 2.24) is 9.80 Å². The summed E-state index contributed by atoms with van der Waals surface area (Å²) in [5.74, 6) is 0.157. The Morgan fingerprint density at radius 3 is 2.30 bits per heavy atom. The molecule has 1 N–H and O–H groups in total. The quantitative estimate of drug-likeness (QED) is 0.912. The van der Waals surface area contributed by atoms with Gasteiger partial charge in [0.05, 0.1) is 6.61 Å². The van der Waals surface area contributed by atoms with Crippen molar-refractivity contribution in [1.29, 1.82) is 0 Å². The number of aliphatic hydroxyl groups excluding tert-OH is 1. The van der Waals surface area contributed by atoms with Crippen molar-refractivity contribution in [3.05, 3.63) is 35.4 Å². The molecule has 0 spiro atoms. The molecule has 1 fully saturated rings. The van der Waals surface area contributed by atoms with Crippen LogP contribution in [-0.2, 0) is 17.9 Å². The van der Waals surface area contributed by atoms with E-state index in [1.807, 2.05) is 17.0 Å². The van der Waals surface area contributed by atoms with E-state index in [-0.39, 0.29) is 18.1 Å². The molecule has 20 heavy (non-hydrogen) atoms. The first-order chi connectivity index (χ1) is 9.42. The molecule has 0 saturated carbocycles. The summed E-state index contributed by atoms with van der Waals surface area (Å²) in [4.78, 5) is 15.8. The molecule has 0 atom stereocenters. The Morgan fingerprint density at radius 2 is 1.80 bits per heavy atom. The van der Waals surface area contributed by atoms with Gasteiger partial charge in [-0.2, -0.15) is 0 Å². The number of carbonyl (C=O) groups excluding carboxylic acids is 1. The number of carbonyl (C=O) groups is 1. The Hall–Kier alpha value is -1.39. The lowest BCUT2D eigenvalue weighted by Gasteiger charge is -2.47. The summed E-state index contributed by atoms with van der Waals surface area (Å²) in [6.07, 6.45) is 0. The minimum absolute atomic E-state index is 0.0143. The average molecular weight is 276 g/mol. The number of nitrogens with zero attached hydrogens (tertiary/aromatic N) is 2. The Balaban J connectivity index is 2.03. The van der Waals surface area contributed by atoms with Crippen LogP contribution in [0.25, 0.3) is 0 Å².